The molecule has 5 heterocycles. The van der Waals surface area contributed by atoms with E-state index >= 15 is 0 Å². The molecule has 5 aromatic heterocycles. The number of rotatable bonds is 9. The zero-order valence-corrected chi connectivity index (χ0v) is 23.5. The molecule has 0 aromatic carbocycles. The molecule has 5 rings (SSSR count). The third-order valence-electron chi connectivity index (χ3n) is 6.73. The Morgan fingerprint density at radius 3 is 2.63 bits per heavy atom. The van der Waals surface area contributed by atoms with E-state index in [-0.39, 0.29) is 41.4 Å². The first-order valence-electron chi connectivity index (χ1n) is 13.1. The van der Waals surface area contributed by atoms with E-state index < -0.39 is 41.1 Å². The highest BCUT2D eigenvalue weighted by molar-refractivity contribution is 5.70. The van der Waals surface area contributed by atoms with Crippen LogP contribution in [0.2, 0.25) is 0 Å². The van der Waals surface area contributed by atoms with Gasteiger partial charge in [-0.3, -0.25) is 13.9 Å². The number of ether oxygens (including phenoxy) is 1. The van der Waals surface area contributed by atoms with Crippen molar-refractivity contribution in [3.63, 3.8) is 0 Å². The largest absolute Gasteiger partial charge is 0.478 e. The maximum atomic E-state index is 13.6. The summed E-state index contributed by atoms with van der Waals surface area (Å²) in [5.41, 5.74) is -1.46. The van der Waals surface area contributed by atoms with Crippen molar-refractivity contribution in [1.82, 2.24) is 33.8 Å². The molecular weight excluding hydrogens is 573 g/mol. The number of nitrogens with one attached hydrogen (secondary N) is 1. The number of fused-ring (bicyclic) bond motifs is 1. The lowest BCUT2D eigenvalue weighted by atomic mass is 10.1. The van der Waals surface area contributed by atoms with Crippen molar-refractivity contribution in [3.05, 3.63) is 80.7 Å². The molecule has 0 fully saturated rings. The molecule has 0 aliphatic heterocycles. The van der Waals surface area contributed by atoms with E-state index in [9.17, 15) is 27.9 Å². The van der Waals surface area contributed by atoms with Crippen LogP contribution in [0.4, 0.5) is 19.0 Å². The lowest BCUT2D eigenvalue weighted by molar-refractivity contribution is -0.139. The van der Waals surface area contributed by atoms with Gasteiger partial charge in [0.25, 0.3) is 5.56 Å². The third kappa shape index (κ3) is 5.73. The van der Waals surface area contributed by atoms with Gasteiger partial charge >= 0.3 is 11.9 Å². The molecule has 0 bridgehead atoms. The van der Waals surface area contributed by atoms with Gasteiger partial charge in [0, 0.05) is 24.9 Å². The fourth-order valence-corrected chi connectivity index (χ4v) is 4.54. The second-order valence-corrected chi connectivity index (χ2v) is 9.73. The minimum atomic E-state index is -4.70. The number of pyridine rings is 2. The van der Waals surface area contributed by atoms with Crippen molar-refractivity contribution in [3.8, 4) is 17.1 Å². The number of alkyl halides is 3. The Hall–Kier alpha value is -4.99. The van der Waals surface area contributed by atoms with Crippen LogP contribution in [0.5, 0.6) is 5.88 Å². The molecule has 13 nitrogen and oxygen atoms in total. The molecule has 16 heteroatoms. The van der Waals surface area contributed by atoms with Crippen LogP contribution < -0.4 is 21.3 Å². The Morgan fingerprint density at radius 1 is 1.19 bits per heavy atom. The lowest BCUT2D eigenvalue weighted by Crippen LogP contribution is -2.40. The van der Waals surface area contributed by atoms with Gasteiger partial charge in [0.05, 0.1) is 31.2 Å². The van der Waals surface area contributed by atoms with Crippen molar-refractivity contribution in [1.29, 1.82) is 0 Å². The van der Waals surface area contributed by atoms with Gasteiger partial charge in [-0.1, -0.05) is 11.2 Å². The first-order valence-corrected chi connectivity index (χ1v) is 13.1. The molecule has 0 aliphatic carbocycles. The molecule has 0 amide bonds. The minimum absolute atomic E-state index is 0.0147. The number of hydrogen-bond donors (Lipinski definition) is 2. The Labute approximate surface area is 241 Å². The SMILES string of the molecule is CCOc1ncc(-c2cccc(NC(O)[C@H](C)n3cnc4c3c(=O)n(Cc3cc(C)on3)c(=O)n4C)n2)cc1C(F)(F)F. The lowest BCUT2D eigenvalue weighted by Gasteiger charge is -2.22. The zero-order chi connectivity index (χ0) is 31.1. The monoisotopic (exact) mass is 600 g/mol. The second kappa shape index (κ2) is 11.4. The van der Waals surface area contributed by atoms with Crippen molar-refractivity contribution < 1.29 is 27.5 Å². The fourth-order valence-electron chi connectivity index (χ4n) is 4.54. The fraction of sp³-hybridized carbons (Fsp3) is 0.333. The zero-order valence-electron chi connectivity index (χ0n) is 23.5. The van der Waals surface area contributed by atoms with Crippen LogP contribution in [-0.4, -0.2) is 51.8 Å². The van der Waals surface area contributed by atoms with Gasteiger partial charge in [-0.05, 0) is 39.0 Å². The highest BCUT2D eigenvalue weighted by Crippen LogP contribution is 2.37. The average molecular weight is 601 g/mol. The predicted molar refractivity (Wildman–Crippen MR) is 148 cm³/mol. The summed E-state index contributed by atoms with van der Waals surface area (Å²) >= 11 is 0. The van der Waals surface area contributed by atoms with Crippen LogP contribution in [0, 0.1) is 6.92 Å². The van der Waals surface area contributed by atoms with E-state index in [1.807, 2.05) is 0 Å². The Balaban J connectivity index is 1.44. The maximum absolute atomic E-state index is 13.6. The molecule has 2 N–H and O–H groups in total. The number of anilines is 1. The van der Waals surface area contributed by atoms with Gasteiger partial charge in [0.15, 0.2) is 11.2 Å². The summed E-state index contributed by atoms with van der Waals surface area (Å²) in [6.45, 7) is 4.74. The number of aromatic nitrogens is 7. The number of aliphatic hydroxyl groups excluding tert-OH is 1. The summed E-state index contributed by atoms with van der Waals surface area (Å²) in [4.78, 5) is 38.8. The van der Waals surface area contributed by atoms with Gasteiger partial charge in [0.2, 0.25) is 5.88 Å². The predicted octanol–water partition coefficient (Wildman–Crippen LogP) is 3.11. The Morgan fingerprint density at radius 2 is 1.95 bits per heavy atom. The van der Waals surface area contributed by atoms with Gasteiger partial charge < -0.3 is 24.3 Å². The molecule has 0 saturated carbocycles. The molecule has 0 aliphatic rings. The van der Waals surface area contributed by atoms with Gasteiger partial charge in [-0.2, -0.15) is 13.2 Å². The summed E-state index contributed by atoms with van der Waals surface area (Å²) in [7, 11) is 1.47. The molecule has 0 radical (unpaired) electrons. The minimum Gasteiger partial charge on any atom is -0.478 e. The van der Waals surface area contributed by atoms with Gasteiger partial charge in [-0.25, -0.2) is 19.7 Å². The highest BCUT2D eigenvalue weighted by Gasteiger charge is 2.36. The van der Waals surface area contributed by atoms with E-state index in [1.165, 1.54) is 40.8 Å². The smallest absolute Gasteiger partial charge is 0.421 e. The highest BCUT2D eigenvalue weighted by atomic mass is 19.4. The first-order chi connectivity index (χ1) is 20.4. The number of aryl methyl sites for hydroxylation is 2. The van der Waals surface area contributed by atoms with E-state index in [0.29, 0.717) is 11.5 Å². The van der Waals surface area contributed by atoms with Gasteiger partial charge in [-0.15, -0.1) is 0 Å². The Kier molecular flexibility index (Phi) is 7.79. The van der Waals surface area contributed by atoms with Crippen molar-refractivity contribution in [2.45, 2.75) is 45.8 Å². The van der Waals surface area contributed by atoms with Crippen LogP contribution in [0.25, 0.3) is 22.4 Å². The summed E-state index contributed by atoms with van der Waals surface area (Å²) in [5, 5.41) is 17.7. The quantitative estimate of drug-likeness (QED) is 0.241. The summed E-state index contributed by atoms with van der Waals surface area (Å²) in [5.74, 6) is 0.138. The molecule has 2 atom stereocenters. The number of halogens is 3. The molecule has 0 spiro atoms. The van der Waals surface area contributed by atoms with Crippen LogP contribution in [0.3, 0.4) is 0 Å². The van der Waals surface area contributed by atoms with E-state index in [0.717, 1.165) is 10.6 Å². The molecule has 5 aromatic rings. The van der Waals surface area contributed by atoms with Crippen molar-refractivity contribution in [2.24, 2.45) is 7.05 Å². The number of aliphatic hydroxyl groups is 1. The number of imidazole rings is 1. The molecule has 43 heavy (non-hydrogen) atoms. The standard InChI is InChI=1S/C27H27F3N8O5/c1-5-42-24-18(27(28,29)30)10-16(11-31-24)19-7-6-8-20(33-19)34-23(39)15(3)38-13-32-22-21(38)25(40)37(26(41)36(22)4)12-17-9-14(2)43-35-17/h6-11,13,15,23,39H,5,12H2,1-4H3,(H,33,34)/t15-,23?/m0/s1. The summed E-state index contributed by atoms with van der Waals surface area (Å²) in [6.07, 6.45) is -3.48. The van der Waals surface area contributed by atoms with E-state index in [2.05, 4.69) is 25.4 Å². The van der Waals surface area contributed by atoms with Crippen LogP contribution in [0.15, 0.2) is 57.0 Å². The van der Waals surface area contributed by atoms with Crippen molar-refractivity contribution >= 4 is 17.0 Å². The van der Waals surface area contributed by atoms with Crippen molar-refractivity contribution in [2.75, 3.05) is 11.9 Å². The van der Waals surface area contributed by atoms with Crippen LogP contribution >= 0.6 is 0 Å². The summed E-state index contributed by atoms with van der Waals surface area (Å²) < 4.78 is 54.6. The van der Waals surface area contributed by atoms with Gasteiger partial charge in [0.1, 0.15) is 29.1 Å². The number of nitrogens with zero attached hydrogens (tertiary/aromatic N) is 7. The van der Waals surface area contributed by atoms with E-state index in [4.69, 9.17) is 9.26 Å². The third-order valence-corrected chi connectivity index (χ3v) is 6.73. The molecule has 0 saturated heterocycles. The maximum Gasteiger partial charge on any atom is 0.421 e. The first kappa shape index (κ1) is 29.5. The molecule has 1 unspecified atom stereocenters. The van der Waals surface area contributed by atoms with Crippen LogP contribution in [-0.2, 0) is 19.8 Å². The average Bonchev–Trinajstić information content (AvgIpc) is 3.60. The molecular formula is C27H27F3N8O5. The number of hydrogen-bond acceptors (Lipinski definition) is 10. The summed E-state index contributed by atoms with van der Waals surface area (Å²) in [6, 6.07) is 6.27. The molecule has 226 valence electrons. The van der Waals surface area contributed by atoms with E-state index in [1.54, 1.807) is 32.9 Å². The second-order valence-electron chi connectivity index (χ2n) is 9.73. The topological polar surface area (TPSA) is 155 Å². The Bertz CT molecular complexity index is 1910. The van der Waals surface area contributed by atoms with Crippen LogP contribution in [0.1, 0.15) is 36.9 Å². The normalized spacial score (nSPS) is 13.3.